The van der Waals surface area contributed by atoms with Crippen LogP contribution >= 0.6 is 0 Å². The number of carboxylic acid groups (broad SMARTS) is 2. The molecule has 0 bridgehead atoms. The predicted octanol–water partition coefficient (Wildman–Crippen LogP) is 6.21. The molecule has 102 heavy (non-hydrogen) atoms. The van der Waals surface area contributed by atoms with Crippen LogP contribution in [0.2, 0.25) is 0 Å². The van der Waals surface area contributed by atoms with Crippen LogP contribution in [0.1, 0.15) is 245 Å². The van der Waals surface area contributed by atoms with Gasteiger partial charge in [-0.1, -0.05) is 43.9 Å². The van der Waals surface area contributed by atoms with E-state index in [0.29, 0.717) is 63.2 Å². The number of unbranched alkanes of at least 4 members (excludes halogenated alkanes) is 8. The third-order valence-electron chi connectivity index (χ3n) is 16.1. The van der Waals surface area contributed by atoms with Crippen LogP contribution in [0.25, 0.3) is 0 Å². The number of imide groups is 6. The fourth-order valence-electron chi connectivity index (χ4n) is 11.4. The van der Waals surface area contributed by atoms with Crippen LogP contribution in [0.15, 0.2) is 54.6 Å². The van der Waals surface area contributed by atoms with E-state index in [0.717, 1.165) is 85.0 Å². The molecular weight excluding hydrogens is 1330 g/mol. The van der Waals surface area contributed by atoms with E-state index in [1.54, 1.807) is 36.4 Å². The van der Waals surface area contributed by atoms with Gasteiger partial charge in [-0.2, -0.15) is 0 Å². The maximum Gasteiger partial charge on any atom is 0.306 e. The Kier molecular flexibility index (Phi) is 31.7. The first-order chi connectivity index (χ1) is 48.2. The third-order valence-corrected chi connectivity index (χ3v) is 16.1. The summed E-state index contributed by atoms with van der Waals surface area (Å²) in [5, 5.41) is 29.6. The maximum absolute atomic E-state index is 13.7. The Morgan fingerprint density at radius 2 is 0.745 bits per heavy atom. The predicted molar refractivity (Wildman–Crippen MR) is 365 cm³/mol. The van der Waals surface area contributed by atoms with Gasteiger partial charge >= 0.3 is 23.9 Å². The second-order valence-electron chi connectivity index (χ2n) is 26.6. The molecule has 6 aliphatic rings. The number of hydrogen-bond acceptors (Lipinski definition) is 22. The smallest absolute Gasteiger partial charge is 0.306 e. The Morgan fingerprint density at radius 1 is 0.441 bits per heavy atom. The van der Waals surface area contributed by atoms with Crippen LogP contribution in [-0.4, -0.2) is 175 Å². The van der Waals surface area contributed by atoms with E-state index in [4.69, 9.17) is 31.2 Å². The highest BCUT2D eigenvalue weighted by atomic mass is 19.1. The van der Waals surface area contributed by atoms with Crippen molar-refractivity contribution in [2.24, 2.45) is 11.5 Å². The van der Waals surface area contributed by atoms with E-state index in [1.165, 1.54) is 12.1 Å². The second-order valence-corrected chi connectivity index (χ2v) is 26.6. The summed E-state index contributed by atoms with van der Waals surface area (Å²) in [4.78, 5) is 192. The number of nitrogens with two attached hydrogens (primary N) is 2. The number of hydrogen-bond donors (Lipinski definition) is 9. The van der Waals surface area contributed by atoms with Crippen LogP contribution in [-0.2, 0) is 57.4 Å². The highest BCUT2D eigenvalue weighted by Crippen LogP contribution is 2.35. The highest BCUT2D eigenvalue weighted by molar-refractivity contribution is 6.27. The molecular formula is C71H93FN10O20. The molecule has 3 aromatic rings. The van der Waals surface area contributed by atoms with E-state index in [1.807, 2.05) is 41.5 Å². The van der Waals surface area contributed by atoms with Gasteiger partial charge in [0.2, 0.25) is 35.4 Å². The monoisotopic (exact) mass is 1420 g/mol. The fourth-order valence-corrected chi connectivity index (χ4v) is 11.4. The summed E-state index contributed by atoms with van der Waals surface area (Å²) in [5.74, 6) is -9.62. The lowest BCUT2D eigenvalue weighted by Crippen LogP contribution is -2.54. The van der Waals surface area contributed by atoms with Crippen molar-refractivity contribution in [3.8, 4) is 0 Å². The first-order valence-corrected chi connectivity index (χ1v) is 34.2. The molecule has 3 fully saturated rings. The minimum absolute atomic E-state index is 0.0340. The number of piperidine rings is 3. The number of carbonyl (C=O) groups is 16. The zero-order valence-electron chi connectivity index (χ0n) is 58.4. The number of carbonyl (C=O) groups excluding carboxylic acids is 14. The number of amides is 12. The van der Waals surface area contributed by atoms with Crippen molar-refractivity contribution >= 4 is 106 Å². The minimum atomic E-state index is -1.07. The SMILES string of the molecule is CC(C)(C)OC(=O)CCCCCN.CC(C)(C)OC(=O)CCCCCNc1cccc2c1C(=O)N(C1CCC(=O)NC1=O)C2=O.NCCCCCC(=O)O.O=C(O)CCCCCNc1cccc2c1C(=O)N(C1CCC(=O)NC1=O)C2=O.O=C1CCC(N2C(=O)c3cccc(F)c3C2=O)C(=O)N1. The normalized spacial score (nSPS) is 17.6. The highest BCUT2D eigenvalue weighted by Gasteiger charge is 2.49. The molecule has 3 saturated heterocycles. The Balaban J connectivity index is 0.000000244. The zero-order chi connectivity index (χ0) is 75.6. The number of esters is 2. The van der Waals surface area contributed by atoms with Gasteiger partial charge in [-0.3, -0.25) is 107 Å². The Labute approximate surface area is 589 Å². The lowest BCUT2D eigenvalue weighted by molar-refractivity contribution is -0.156. The lowest BCUT2D eigenvalue weighted by Gasteiger charge is -2.27. The van der Waals surface area contributed by atoms with Crippen molar-refractivity contribution in [1.82, 2.24) is 30.7 Å². The zero-order valence-corrected chi connectivity index (χ0v) is 58.4. The summed E-state index contributed by atoms with van der Waals surface area (Å²) in [6, 6.07) is 10.6. The molecule has 3 aromatic carbocycles. The largest absolute Gasteiger partial charge is 0.481 e. The lowest BCUT2D eigenvalue weighted by atomic mass is 10.0. The first-order valence-electron chi connectivity index (χ1n) is 34.2. The standard InChI is InChI=1S/C23H29N3O6.C19H21N3O6.C13H9FN2O4.C10H21NO2.C6H13NO2/c1-23(2,3)32-18(28)10-5-4-6-13-24-15-9-7-8-14-19(15)22(31)26(21(14)30)16-11-12-17(27)25-20(16)29;23-14-9-8-13(17(26)21-14)22-18(27)11-5-4-6-12(16(11)19(22)28)20-10-3-1-2-7-15(24)25;14-7-3-1-2-6-10(7)13(20)16(12(6)19)8-4-5-9(17)15-11(8)18;1-10(2,3)13-9(12)7-5-4-6-8-11;7-5-3-1-2-4-6(8)9/h7-9,16,24H,4-6,10-13H2,1-3H3,(H,25,27,29);4-6,13,20H,1-3,7-10H2,(H,24,25)(H,21,23,26);1-3,8H,4-5H2,(H,15,17,18);4-8,11H2,1-3H3;1-5,7H2,(H,8,9). The van der Waals surface area contributed by atoms with Gasteiger partial charge in [0.25, 0.3) is 35.4 Å². The summed E-state index contributed by atoms with van der Waals surface area (Å²) in [6.45, 7) is 13.6. The van der Waals surface area contributed by atoms with Crippen molar-refractivity contribution in [2.45, 2.75) is 212 Å². The molecule has 11 N–H and O–H groups in total. The Hall–Kier alpha value is -10.2. The van der Waals surface area contributed by atoms with Crippen molar-refractivity contribution in [3.63, 3.8) is 0 Å². The maximum atomic E-state index is 13.7. The first kappa shape index (κ1) is 82.5. The number of ether oxygens (including phenoxy) is 2. The molecule has 12 amide bonds. The summed E-state index contributed by atoms with van der Waals surface area (Å²) in [5.41, 5.74) is 11.3. The molecule has 6 aliphatic heterocycles. The van der Waals surface area contributed by atoms with Crippen LogP contribution < -0.4 is 38.1 Å². The molecule has 0 aliphatic carbocycles. The Morgan fingerprint density at radius 3 is 1.05 bits per heavy atom. The molecule has 31 heteroatoms. The van der Waals surface area contributed by atoms with Crippen molar-refractivity contribution in [3.05, 3.63) is 93.8 Å². The summed E-state index contributed by atoms with van der Waals surface area (Å²) < 4.78 is 24.1. The van der Waals surface area contributed by atoms with Crippen molar-refractivity contribution in [1.29, 1.82) is 0 Å². The van der Waals surface area contributed by atoms with Crippen LogP contribution in [0.3, 0.4) is 0 Å². The van der Waals surface area contributed by atoms with Gasteiger partial charge in [0, 0.05) is 69.4 Å². The fraction of sp³-hybridized carbons (Fsp3) is 0.521. The molecule has 0 saturated carbocycles. The van der Waals surface area contributed by atoms with E-state index >= 15 is 0 Å². The summed E-state index contributed by atoms with van der Waals surface area (Å²) in [7, 11) is 0. The van der Waals surface area contributed by atoms with E-state index in [2.05, 4.69) is 26.6 Å². The average molecular weight is 1430 g/mol. The number of nitrogens with zero attached hydrogens (tertiary/aromatic N) is 3. The number of halogens is 1. The number of nitrogens with one attached hydrogen (secondary N) is 5. The molecule has 0 radical (unpaired) electrons. The van der Waals surface area contributed by atoms with Gasteiger partial charge in [-0.15, -0.1) is 0 Å². The molecule has 30 nitrogen and oxygen atoms in total. The second kappa shape index (κ2) is 39.1. The van der Waals surface area contributed by atoms with Crippen LogP contribution in [0, 0.1) is 5.82 Å². The van der Waals surface area contributed by atoms with Gasteiger partial charge < -0.3 is 41.8 Å². The van der Waals surface area contributed by atoms with E-state index in [-0.39, 0.29) is 102 Å². The van der Waals surface area contributed by atoms with Gasteiger partial charge in [0.05, 0.1) is 33.4 Å². The summed E-state index contributed by atoms with van der Waals surface area (Å²) >= 11 is 0. The average Bonchev–Trinajstić information content (AvgIpc) is 1.62. The molecule has 9 rings (SSSR count). The van der Waals surface area contributed by atoms with Gasteiger partial charge in [0.1, 0.15) is 35.1 Å². The number of benzene rings is 3. The van der Waals surface area contributed by atoms with Gasteiger partial charge in [0.15, 0.2) is 0 Å². The molecule has 3 unspecified atom stereocenters. The molecule has 0 aromatic heterocycles. The van der Waals surface area contributed by atoms with Crippen molar-refractivity contribution in [2.75, 3.05) is 36.8 Å². The molecule has 3 atom stereocenters. The number of fused-ring (bicyclic) bond motifs is 3. The van der Waals surface area contributed by atoms with Gasteiger partial charge in [-0.25, -0.2) is 4.39 Å². The quantitative estimate of drug-likeness (QED) is 0.0233. The van der Waals surface area contributed by atoms with Crippen LogP contribution in [0.4, 0.5) is 15.8 Å². The van der Waals surface area contributed by atoms with E-state index < -0.39 is 112 Å². The third kappa shape index (κ3) is 24.3. The molecule has 0 spiro atoms. The van der Waals surface area contributed by atoms with Crippen molar-refractivity contribution < 1.29 is 101 Å². The topological polar surface area (TPSA) is 454 Å². The van der Waals surface area contributed by atoms with Crippen LogP contribution in [0.5, 0.6) is 0 Å². The minimum Gasteiger partial charge on any atom is -0.481 e. The molecule has 6 heterocycles. The Bertz CT molecular complexity index is 3660. The van der Waals surface area contributed by atoms with E-state index in [9.17, 15) is 81.1 Å². The number of aliphatic carboxylic acids is 2. The van der Waals surface area contributed by atoms with Gasteiger partial charge in [-0.05, 0) is 162 Å². The summed E-state index contributed by atoms with van der Waals surface area (Å²) in [6.07, 6.45) is 11.5. The number of anilines is 2. The number of rotatable bonds is 27. The molecule has 554 valence electrons. The number of carboxylic acids is 2.